The zero-order valence-electron chi connectivity index (χ0n) is 10.9. The highest BCUT2D eigenvalue weighted by Crippen LogP contribution is 2.14. The zero-order valence-corrected chi connectivity index (χ0v) is 11.7. The molecule has 0 N–H and O–H groups in total. The number of hydrogen-bond donors (Lipinski definition) is 0. The third kappa shape index (κ3) is 3.37. The summed E-state index contributed by atoms with van der Waals surface area (Å²) < 4.78 is 26.1. The van der Waals surface area contributed by atoms with E-state index in [1.165, 1.54) is 18.6 Å². The predicted octanol–water partition coefficient (Wildman–Crippen LogP) is 1.30. The highest BCUT2D eigenvalue weighted by Gasteiger charge is 2.19. The van der Waals surface area contributed by atoms with Crippen LogP contribution in [0.4, 0.5) is 0 Å². The van der Waals surface area contributed by atoms with Gasteiger partial charge in [0.2, 0.25) is 0 Å². The Kier molecular flexibility index (Phi) is 3.94. The molecular weight excluding hydrogens is 264 g/mol. The molecule has 0 saturated carbocycles. The lowest BCUT2D eigenvalue weighted by molar-refractivity contribution is 0.470. The van der Waals surface area contributed by atoms with E-state index in [1.807, 2.05) is 13.8 Å². The average molecular weight is 280 g/mol. The molecule has 0 amide bonds. The monoisotopic (exact) mass is 280 g/mol. The van der Waals surface area contributed by atoms with Crippen molar-refractivity contribution in [3.05, 3.63) is 36.7 Å². The Balaban J connectivity index is 2.24. The predicted molar refractivity (Wildman–Crippen MR) is 70.0 cm³/mol. The minimum atomic E-state index is -3.43. The summed E-state index contributed by atoms with van der Waals surface area (Å²) in [6, 6.07) is 3.14. The maximum Gasteiger partial charge on any atom is 0.187 e. The van der Waals surface area contributed by atoms with Crippen molar-refractivity contribution in [1.29, 1.82) is 0 Å². The second-order valence-electron chi connectivity index (χ2n) is 4.70. The molecule has 0 spiro atoms. The van der Waals surface area contributed by atoms with Gasteiger partial charge in [0.1, 0.15) is 17.9 Å². The van der Waals surface area contributed by atoms with Crippen LogP contribution in [0.1, 0.15) is 19.7 Å². The van der Waals surface area contributed by atoms with Crippen LogP contribution in [-0.4, -0.2) is 28.2 Å². The van der Waals surface area contributed by atoms with Crippen LogP contribution in [0.25, 0.3) is 0 Å². The third-order valence-corrected chi connectivity index (χ3v) is 4.14. The van der Waals surface area contributed by atoms with Crippen molar-refractivity contribution in [3.8, 4) is 0 Å². The van der Waals surface area contributed by atoms with Crippen LogP contribution in [0.2, 0.25) is 0 Å². The molecule has 0 fully saturated rings. The molecule has 2 rings (SSSR count). The lowest BCUT2D eigenvalue weighted by atomic mass is 10.2. The van der Waals surface area contributed by atoms with Gasteiger partial charge in [0, 0.05) is 18.9 Å². The summed E-state index contributed by atoms with van der Waals surface area (Å²) in [5, 5.41) is 4.06. The first kappa shape index (κ1) is 13.7. The van der Waals surface area contributed by atoms with Gasteiger partial charge in [-0.1, -0.05) is 13.8 Å². The van der Waals surface area contributed by atoms with E-state index in [-0.39, 0.29) is 10.6 Å². The highest BCUT2D eigenvalue weighted by molar-refractivity contribution is 7.90. The number of hydrogen-bond acceptors (Lipinski definition) is 5. The molecule has 6 nitrogen and oxygen atoms in total. The van der Waals surface area contributed by atoms with Crippen molar-refractivity contribution in [1.82, 2.24) is 19.7 Å². The minimum absolute atomic E-state index is 0.161. The van der Waals surface area contributed by atoms with Crippen LogP contribution in [0, 0.1) is 5.92 Å². The Bertz CT molecular complexity index is 635. The highest BCUT2D eigenvalue weighted by atomic mass is 32.2. The molecule has 102 valence electrons. The molecule has 2 heterocycles. The van der Waals surface area contributed by atoms with Gasteiger partial charge in [0.15, 0.2) is 9.84 Å². The molecule has 0 aliphatic carbocycles. The lowest BCUT2D eigenvalue weighted by Crippen LogP contribution is -2.14. The molecule has 19 heavy (non-hydrogen) atoms. The molecule has 0 bridgehead atoms. The fraction of sp³-hybridized carbons (Fsp3) is 0.417. The normalized spacial score (nSPS) is 11.9. The average Bonchev–Trinajstić information content (AvgIpc) is 2.76. The molecular formula is C12H16N4O2S. The minimum Gasteiger partial charge on any atom is -0.263 e. The molecule has 0 atom stereocenters. The van der Waals surface area contributed by atoms with Crippen molar-refractivity contribution in [3.63, 3.8) is 0 Å². The number of aromatic nitrogens is 4. The summed E-state index contributed by atoms with van der Waals surface area (Å²) in [6.45, 7) is 4.74. The Morgan fingerprint density at radius 1 is 1.37 bits per heavy atom. The summed E-state index contributed by atoms with van der Waals surface area (Å²) in [5.74, 6) is 0.671. The maximum atomic E-state index is 12.2. The summed E-state index contributed by atoms with van der Waals surface area (Å²) in [4.78, 5) is 8.06. The number of sulfone groups is 1. The quantitative estimate of drug-likeness (QED) is 0.825. The van der Waals surface area contributed by atoms with E-state index in [2.05, 4.69) is 15.1 Å². The molecule has 0 aliphatic rings. The van der Waals surface area contributed by atoms with E-state index in [4.69, 9.17) is 0 Å². The van der Waals surface area contributed by atoms with Gasteiger partial charge in [-0.25, -0.2) is 18.1 Å². The van der Waals surface area contributed by atoms with Crippen molar-refractivity contribution >= 4 is 9.84 Å². The van der Waals surface area contributed by atoms with Gasteiger partial charge in [-0.15, -0.1) is 0 Å². The van der Waals surface area contributed by atoms with Gasteiger partial charge in [-0.05, 0) is 18.1 Å². The van der Waals surface area contributed by atoms with E-state index in [9.17, 15) is 8.42 Å². The van der Waals surface area contributed by atoms with Gasteiger partial charge in [-0.3, -0.25) is 4.98 Å². The molecule has 0 unspecified atom stereocenters. The van der Waals surface area contributed by atoms with Gasteiger partial charge in [0.05, 0.1) is 4.90 Å². The van der Waals surface area contributed by atoms with Crippen molar-refractivity contribution in [2.24, 2.45) is 5.92 Å². The fourth-order valence-corrected chi connectivity index (χ4v) is 2.92. The molecule has 0 radical (unpaired) electrons. The third-order valence-electron chi connectivity index (χ3n) is 2.55. The van der Waals surface area contributed by atoms with E-state index in [0.717, 1.165) is 0 Å². The largest absolute Gasteiger partial charge is 0.263 e. The SMILES string of the molecule is CC(C)Cn1ncnc1CS(=O)(=O)c1cccnc1. The number of rotatable bonds is 5. The summed E-state index contributed by atoms with van der Waals surface area (Å²) >= 11 is 0. The first-order chi connectivity index (χ1) is 8.99. The van der Waals surface area contributed by atoms with Gasteiger partial charge in [0.25, 0.3) is 0 Å². The first-order valence-corrected chi connectivity index (χ1v) is 7.64. The van der Waals surface area contributed by atoms with Crippen LogP contribution in [0.5, 0.6) is 0 Å². The van der Waals surface area contributed by atoms with Crippen LogP contribution < -0.4 is 0 Å². The van der Waals surface area contributed by atoms with E-state index < -0.39 is 9.84 Å². The topological polar surface area (TPSA) is 77.7 Å². The molecule has 0 aliphatic heterocycles. The van der Waals surface area contributed by atoms with E-state index in [1.54, 1.807) is 16.9 Å². The molecule has 2 aromatic rings. The zero-order chi connectivity index (χ0) is 13.9. The Morgan fingerprint density at radius 2 is 2.16 bits per heavy atom. The lowest BCUT2D eigenvalue weighted by Gasteiger charge is -2.08. The second-order valence-corrected chi connectivity index (χ2v) is 6.69. The first-order valence-electron chi connectivity index (χ1n) is 5.98. The Morgan fingerprint density at radius 3 is 2.79 bits per heavy atom. The summed E-state index contributed by atoms with van der Waals surface area (Å²) in [7, 11) is -3.43. The van der Waals surface area contributed by atoms with Crippen LogP contribution in [0.15, 0.2) is 35.7 Å². The number of nitrogens with zero attached hydrogens (tertiary/aromatic N) is 4. The fourth-order valence-electron chi connectivity index (χ4n) is 1.68. The smallest absolute Gasteiger partial charge is 0.187 e. The van der Waals surface area contributed by atoms with Crippen molar-refractivity contribution < 1.29 is 8.42 Å². The van der Waals surface area contributed by atoms with E-state index in [0.29, 0.717) is 18.3 Å². The molecule has 2 aromatic heterocycles. The molecule has 7 heteroatoms. The molecule has 0 saturated heterocycles. The van der Waals surface area contributed by atoms with Crippen LogP contribution >= 0.6 is 0 Å². The van der Waals surface area contributed by atoms with Gasteiger partial charge < -0.3 is 0 Å². The van der Waals surface area contributed by atoms with Crippen molar-refractivity contribution in [2.45, 2.75) is 31.0 Å². The second kappa shape index (κ2) is 5.48. The molecule has 0 aromatic carbocycles. The van der Waals surface area contributed by atoms with Crippen molar-refractivity contribution in [2.75, 3.05) is 0 Å². The summed E-state index contributed by atoms with van der Waals surface area (Å²) in [5.41, 5.74) is 0. The number of pyridine rings is 1. The maximum absolute atomic E-state index is 12.2. The standard InChI is InChI=1S/C12H16N4O2S/c1-10(2)7-16-12(14-9-15-16)8-19(17,18)11-4-3-5-13-6-11/h3-6,9-10H,7-8H2,1-2H3. The van der Waals surface area contributed by atoms with Crippen LogP contribution in [-0.2, 0) is 22.1 Å². The Labute approximate surface area is 112 Å². The van der Waals surface area contributed by atoms with Crippen LogP contribution in [0.3, 0.4) is 0 Å². The summed E-state index contributed by atoms with van der Waals surface area (Å²) in [6.07, 6.45) is 4.27. The van der Waals surface area contributed by atoms with Gasteiger partial charge in [-0.2, -0.15) is 5.10 Å². The Hall–Kier alpha value is -1.76. The van der Waals surface area contributed by atoms with Gasteiger partial charge >= 0.3 is 0 Å². The van der Waals surface area contributed by atoms with E-state index >= 15 is 0 Å².